The maximum atomic E-state index is 5.79. The van der Waals surface area contributed by atoms with Crippen LogP contribution in [0.2, 0.25) is 0 Å². The largest absolute Gasteiger partial charge is 0.382 e. The molecule has 0 aliphatic rings. The fourth-order valence-electron chi connectivity index (χ4n) is 1.20. The van der Waals surface area contributed by atoms with Gasteiger partial charge < -0.3 is 11.5 Å². The third-order valence-corrected chi connectivity index (χ3v) is 2.44. The first-order valence-electron chi connectivity index (χ1n) is 5.23. The summed E-state index contributed by atoms with van der Waals surface area (Å²) in [5, 5.41) is 0. The van der Waals surface area contributed by atoms with Crippen LogP contribution in [0.25, 0.3) is 0 Å². The van der Waals surface area contributed by atoms with Crippen LogP contribution < -0.4 is 11.5 Å². The van der Waals surface area contributed by atoms with E-state index < -0.39 is 0 Å². The molecule has 0 saturated heterocycles. The molecule has 5 nitrogen and oxygen atoms in total. The number of hydrogen-bond acceptors (Lipinski definition) is 4. The molecule has 0 atom stereocenters. The second-order valence-electron chi connectivity index (χ2n) is 3.40. The predicted octanol–water partition coefficient (Wildman–Crippen LogP) is 1.72. The van der Waals surface area contributed by atoms with Crippen molar-refractivity contribution in [2.45, 2.75) is 26.2 Å². The molecule has 0 saturated carbocycles. The minimum Gasteiger partial charge on any atom is -0.382 e. The fourth-order valence-corrected chi connectivity index (χ4v) is 1.48. The summed E-state index contributed by atoms with van der Waals surface area (Å²) in [4.78, 5) is 12.3. The molecule has 1 aromatic rings. The highest BCUT2D eigenvalue weighted by atomic mass is 79.9. The lowest BCUT2D eigenvalue weighted by atomic mass is 10.2. The Morgan fingerprint density at radius 1 is 1.50 bits per heavy atom. The third kappa shape index (κ3) is 3.77. The van der Waals surface area contributed by atoms with Gasteiger partial charge in [0.15, 0.2) is 5.82 Å². The van der Waals surface area contributed by atoms with Crippen LogP contribution in [-0.2, 0) is 0 Å². The van der Waals surface area contributed by atoms with Gasteiger partial charge in [0.1, 0.15) is 16.1 Å². The zero-order valence-electron chi connectivity index (χ0n) is 9.28. The van der Waals surface area contributed by atoms with Crippen molar-refractivity contribution < 1.29 is 0 Å². The lowest BCUT2D eigenvalue weighted by molar-refractivity contribution is 0.727. The Morgan fingerprint density at radius 3 is 2.94 bits per heavy atom. The Labute approximate surface area is 104 Å². The van der Waals surface area contributed by atoms with Gasteiger partial charge in [-0.2, -0.15) is 0 Å². The van der Waals surface area contributed by atoms with Gasteiger partial charge in [0.05, 0.1) is 6.20 Å². The van der Waals surface area contributed by atoms with Crippen molar-refractivity contribution in [3.8, 4) is 0 Å². The maximum Gasteiger partial charge on any atom is 0.153 e. The number of halogens is 1. The molecule has 0 aliphatic heterocycles. The van der Waals surface area contributed by atoms with Crippen molar-refractivity contribution in [1.82, 2.24) is 9.97 Å². The number of nitrogen functional groups attached to an aromatic ring is 1. The molecule has 0 bridgehead atoms. The van der Waals surface area contributed by atoms with Gasteiger partial charge in [0.25, 0.3) is 0 Å². The van der Waals surface area contributed by atoms with Crippen LogP contribution in [0.3, 0.4) is 0 Å². The fraction of sp³-hybridized carbons (Fsp3) is 0.500. The van der Waals surface area contributed by atoms with Gasteiger partial charge >= 0.3 is 0 Å². The minimum absolute atomic E-state index is 0.306. The lowest BCUT2D eigenvalue weighted by Gasteiger charge is -2.03. The number of anilines is 1. The van der Waals surface area contributed by atoms with Crippen molar-refractivity contribution in [3.05, 3.63) is 16.5 Å². The number of nitrogens with zero attached hydrogens (tertiary/aromatic N) is 3. The SMILES string of the molecule is CCCCCN=C(N)c1nc(Br)cnc1N. The quantitative estimate of drug-likeness (QED) is 0.490. The first-order chi connectivity index (χ1) is 7.65. The summed E-state index contributed by atoms with van der Waals surface area (Å²) in [6.45, 7) is 2.85. The summed E-state index contributed by atoms with van der Waals surface area (Å²) >= 11 is 3.22. The summed E-state index contributed by atoms with van der Waals surface area (Å²) in [6, 6.07) is 0. The summed E-state index contributed by atoms with van der Waals surface area (Å²) in [5.41, 5.74) is 11.9. The average Bonchev–Trinajstić information content (AvgIpc) is 2.27. The summed E-state index contributed by atoms with van der Waals surface area (Å²) in [7, 11) is 0. The summed E-state index contributed by atoms with van der Waals surface area (Å²) < 4.78 is 0.600. The van der Waals surface area contributed by atoms with Gasteiger partial charge in [0, 0.05) is 6.54 Å². The Bertz CT molecular complexity index is 377. The van der Waals surface area contributed by atoms with E-state index >= 15 is 0 Å². The van der Waals surface area contributed by atoms with E-state index in [1.54, 1.807) is 0 Å². The number of hydrogen-bond donors (Lipinski definition) is 2. The van der Waals surface area contributed by atoms with E-state index in [1.165, 1.54) is 6.20 Å². The van der Waals surface area contributed by atoms with E-state index in [4.69, 9.17) is 11.5 Å². The van der Waals surface area contributed by atoms with Gasteiger partial charge in [0.2, 0.25) is 0 Å². The molecular formula is C10H16BrN5. The summed E-state index contributed by atoms with van der Waals surface area (Å²) in [5.74, 6) is 0.655. The van der Waals surface area contributed by atoms with Crippen molar-refractivity contribution in [2.24, 2.45) is 10.7 Å². The zero-order chi connectivity index (χ0) is 12.0. The molecule has 1 rings (SSSR count). The molecular weight excluding hydrogens is 270 g/mol. The molecule has 6 heteroatoms. The Kier molecular flexibility index (Phi) is 5.18. The van der Waals surface area contributed by atoms with Crippen LogP contribution in [0, 0.1) is 0 Å². The van der Waals surface area contributed by atoms with Gasteiger partial charge in [-0.3, -0.25) is 4.99 Å². The van der Waals surface area contributed by atoms with Crippen molar-refractivity contribution in [1.29, 1.82) is 0 Å². The van der Waals surface area contributed by atoms with Gasteiger partial charge in [-0.25, -0.2) is 9.97 Å². The lowest BCUT2D eigenvalue weighted by Crippen LogP contribution is -2.19. The maximum absolute atomic E-state index is 5.79. The molecule has 1 heterocycles. The Balaban J connectivity index is 2.71. The first kappa shape index (κ1) is 12.9. The molecule has 0 aromatic carbocycles. The van der Waals surface area contributed by atoms with E-state index in [-0.39, 0.29) is 0 Å². The highest BCUT2D eigenvalue weighted by Gasteiger charge is 2.07. The number of nitrogens with two attached hydrogens (primary N) is 2. The van der Waals surface area contributed by atoms with E-state index in [0.29, 0.717) is 28.5 Å². The number of aliphatic imine (C=N–C) groups is 1. The van der Waals surface area contributed by atoms with Gasteiger partial charge in [-0.1, -0.05) is 19.8 Å². The molecule has 0 unspecified atom stereocenters. The van der Waals surface area contributed by atoms with Crippen LogP contribution in [0.4, 0.5) is 5.82 Å². The van der Waals surface area contributed by atoms with E-state index in [9.17, 15) is 0 Å². The van der Waals surface area contributed by atoms with Gasteiger partial charge in [-0.05, 0) is 22.4 Å². The van der Waals surface area contributed by atoms with Crippen molar-refractivity contribution in [2.75, 3.05) is 12.3 Å². The number of aromatic nitrogens is 2. The topological polar surface area (TPSA) is 90.2 Å². The Hall–Kier alpha value is -1.17. The number of rotatable bonds is 5. The molecule has 0 radical (unpaired) electrons. The summed E-state index contributed by atoms with van der Waals surface area (Å²) in [6.07, 6.45) is 4.87. The van der Waals surface area contributed by atoms with Gasteiger partial charge in [-0.15, -0.1) is 0 Å². The molecule has 0 amide bonds. The number of unbranched alkanes of at least 4 members (excludes halogenated alkanes) is 2. The third-order valence-electron chi connectivity index (χ3n) is 2.06. The molecule has 16 heavy (non-hydrogen) atoms. The predicted molar refractivity (Wildman–Crippen MR) is 69.3 cm³/mol. The number of amidine groups is 1. The smallest absolute Gasteiger partial charge is 0.153 e. The van der Waals surface area contributed by atoms with Crippen LogP contribution in [0.15, 0.2) is 15.8 Å². The highest BCUT2D eigenvalue weighted by molar-refractivity contribution is 9.10. The van der Waals surface area contributed by atoms with Crippen LogP contribution in [0.5, 0.6) is 0 Å². The van der Waals surface area contributed by atoms with Crippen LogP contribution >= 0.6 is 15.9 Å². The molecule has 4 N–H and O–H groups in total. The first-order valence-corrected chi connectivity index (χ1v) is 6.02. The highest BCUT2D eigenvalue weighted by Crippen LogP contribution is 2.10. The zero-order valence-corrected chi connectivity index (χ0v) is 10.9. The van der Waals surface area contributed by atoms with Crippen LogP contribution in [-0.4, -0.2) is 22.3 Å². The Morgan fingerprint density at radius 2 is 2.25 bits per heavy atom. The monoisotopic (exact) mass is 285 g/mol. The van der Waals surface area contributed by atoms with E-state index in [2.05, 4.69) is 37.8 Å². The van der Waals surface area contributed by atoms with E-state index in [1.807, 2.05) is 0 Å². The molecule has 0 fully saturated rings. The minimum atomic E-state index is 0.306. The second-order valence-corrected chi connectivity index (χ2v) is 4.21. The molecule has 0 spiro atoms. The molecule has 1 aromatic heterocycles. The van der Waals surface area contributed by atoms with Crippen molar-refractivity contribution >= 4 is 27.6 Å². The normalized spacial score (nSPS) is 11.8. The molecule has 88 valence electrons. The second kappa shape index (κ2) is 6.42. The molecule has 0 aliphatic carbocycles. The van der Waals surface area contributed by atoms with E-state index in [0.717, 1.165) is 19.3 Å². The van der Waals surface area contributed by atoms with Crippen molar-refractivity contribution in [3.63, 3.8) is 0 Å². The average molecular weight is 286 g/mol. The van der Waals surface area contributed by atoms with Crippen LogP contribution in [0.1, 0.15) is 31.9 Å². The standard InChI is InChI=1S/C10H16BrN5/c1-2-3-4-5-14-9(12)8-10(13)15-6-7(11)16-8/h6H,2-5H2,1H3,(H2,12,14)(H2,13,15).